The summed E-state index contributed by atoms with van der Waals surface area (Å²) in [5.41, 5.74) is 1.19. The average molecular weight is 396 g/mol. The molecule has 120 valence electrons. The van der Waals surface area contributed by atoms with E-state index in [2.05, 4.69) is 26.0 Å². The van der Waals surface area contributed by atoms with Gasteiger partial charge in [-0.25, -0.2) is 4.79 Å². The largest absolute Gasteiger partial charge is 0.496 e. The zero-order chi connectivity index (χ0) is 16.8. The molecule has 0 atom stereocenters. The van der Waals surface area contributed by atoms with Crippen molar-refractivity contribution in [1.82, 2.24) is 0 Å². The molecule has 0 bridgehead atoms. The smallest absolute Gasteiger partial charge is 0.350 e. The third-order valence-electron chi connectivity index (χ3n) is 2.90. The standard InChI is InChI=1S/C16H14BrNO4S/c1-21-13-5-4-11(17)9-10(13)3-6-14(19)18-12-7-8-23-15(12)16(20)22-2/h3-9H,1-2H3,(H,18,19)/b6-3+. The number of hydrogen-bond acceptors (Lipinski definition) is 5. The lowest BCUT2D eigenvalue weighted by Gasteiger charge is -2.05. The van der Waals surface area contributed by atoms with Gasteiger partial charge in [0.2, 0.25) is 5.91 Å². The highest BCUT2D eigenvalue weighted by molar-refractivity contribution is 9.10. The van der Waals surface area contributed by atoms with E-state index < -0.39 is 5.97 Å². The first-order valence-corrected chi connectivity index (χ1v) is 8.21. The van der Waals surface area contributed by atoms with E-state index in [0.29, 0.717) is 16.3 Å². The maximum atomic E-state index is 12.0. The maximum Gasteiger partial charge on any atom is 0.350 e. The number of halogens is 1. The summed E-state index contributed by atoms with van der Waals surface area (Å²) >= 11 is 4.58. The fraction of sp³-hybridized carbons (Fsp3) is 0.125. The second-order valence-electron chi connectivity index (χ2n) is 4.36. The van der Waals surface area contributed by atoms with Gasteiger partial charge in [0.15, 0.2) is 0 Å². The van der Waals surface area contributed by atoms with Gasteiger partial charge in [-0.1, -0.05) is 15.9 Å². The molecule has 1 aromatic heterocycles. The molecule has 0 saturated carbocycles. The monoisotopic (exact) mass is 395 g/mol. The predicted octanol–water partition coefficient (Wildman–Crippen LogP) is 3.96. The lowest BCUT2D eigenvalue weighted by Crippen LogP contribution is -2.10. The Morgan fingerprint density at radius 2 is 2.04 bits per heavy atom. The molecule has 23 heavy (non-hydrogen) atoms. The summed E-state index contributed by atoms with van der Waals surface area (Å²) < 4.78 is 10.8. The van der Waals surface area contributed by atoms with Crippen LogP contribution in [0.1, 0.15) is 15.2 Å². The van der Waals surface area contributed by atoms with Crippen molar-refractivity contribution in [2.45, 2.75) is 0 Å². The van der Waals surface area contributed by atoms with Crippen LogP contribution in [0.15, 0.2) is 40.2 Å². The summed E-state index contributed by atoms with van der Waals surface area (Å²) in [6, 6.07) is 7.15. The molecule has 1 amide bonds. The number of hydrogen-bond donors (Lipinski definition) is 1. The number of carbonyl (C=O) groups is 2. The highest BCUT2D eigenvalue weighted by Crippen LogP contribution is 2.25. The van der Waals surface area contributed by atoms with Gasteiger partial charge >= 0.3 is 5.97 Å². The number of anilines is 1. The molecule has 0 aliphatic carbocycles. The molecular weight excluding hydrogens is 382 g/mol. The minimum absolute atomic E-state index is 0.351. The highest BCUT2D eigenvalue weighted by atomic mass is 79.9. The van der Waals surface area contributed by atoms with Gasteiger partial charge in [0, 0.05) is 16.1 Å². The zero-order valence-corrected chi connectivity index (χ0v) is 14.9. The molecule has 1 N–H and O–H groups in total. The van der Waals surface area contributed by atoms with Crippen LogP contribution in [0.3, 0.4) is 0 Å². The van der Waals surface area contributed by atoms with Gasteiger partial charge in [-0.2, -0.15) is 0 Å². The number of carbonyl (C=O) groups excluding carboxylic acids is 2. The van der Waals surface area contributed by atoms with E-state index in [1.54, 1.807) is 30.7 Å². The van der Waals surface area contributed by atoms with Crippen LogP contribution in [-0.4, -0.2) is 26.1 Å². The van der Waals surface area contributed by atoms with Gasteiger partial charge in [-0.05, 0) is 35.7 Å². The quantitative estimate of drug-likeness (QED) is 0.614. The summed E-state index contributed by atoms with van der Waals surface area (Å²) in [4.78, 5) is 24.0. The molecule has 2 aromatic rings. The maximum absolute atomic E-state index is 12.0. The number of rotatable bonds is 5. The van der Waals surface area contributed by atoms with Gasteiger partial charge in [0.25, 0.3) is 0 Å². The molecule has 0 fully saturated rings. The summed E-state index contributed by atoms with van der Waals surface area (Å²) in [6.45, 7) is 0. The van der Waals surface area contributed by atoms with Gasteiger partial charge in [0.1, 0.15) is 10.6 Å². The molecule has 5 nitrogen and oxygen atoms in total. The van der Waals surface area contributed by atoms with Crippen LogP contribution in [-0.2, 0) is 9.53 Å². The molecule has 0 saturated heterocycles. The fourth-order valence-electron chi connectivity index (χ4n) is 1.83. The van der Waals surface area contributed by atoms with Crippen LogP contribution < -0.4 is 10.1 Å². The van der Waals surface area contributed by atoms with E-state index >= 15 is 0 Å². The Bertz CT molecular complexity index is 754. The lowest BCUT2D eigenvalue weighted by molar-refractivity contribution is -0.111. The van der Waals surface area contributed by atoms with Crippen molar-refractivity contribution >= 4 is 50.9 Å². The Labute approximate surface area is 146 Å². The molecule has 1 heterocycles. The minimum atomic E-state index is -0.479. The third kappa shape index (κ3) is 4.43. The molecule has 0 radical (unpaired) electrons. The van der Waals surface area contributed by atoms with Crippen LogP contribution >= 0.6 is 27.3 Å². The van der Waals surface area contributed by atoms with E-state index in [9.17, 15) is 9.59 Å². The first-order valence-electron chi connectivity index (χ1n) is 6.53. The SMILES string of the molecule is COC(=O)c1sccc1NC(=O)/C=C/c1cc(Br)ccc1OC. The molecule has 1 aromatic carbocycles. The van der Waals surface area contributed by atoms with E-state index in [-0.39, 0.29) is 5.91 Å². The Balaban J connectivity index is 2.13. The molecule has 0 unspecified atom stereocenters. The topological polar surface area (TPSA) is 64.6 Å². The highest BCUT2D eigenvalue weighted by Gasteiger charge is 2.14. The Hall–Kier alpha value is -2.12. The Kier molecular flexibility index (Phi) is 5.95. The minimum Gasteiger partial charge on any atom is -0.496 e. The molecule has 0 spiro atoms. The molecule has 7 heteroatoms. The second-order valence-corrected chi connectivity index (χ2v) is 6.20. The summed E-state index contributed by atoms with van der Waals surface area (Å²) in [5, 5.41) is 4.37. The van der Waals surface area contributed by atoms with Crippen LogP contribution in [0.25, 0.3) is 6.08 Å². The van der Waals surface area contributed by atoms with Crippen LogP contribution in [0, 0.1) is 0 Å². The van der Waals surface area contributed by atoms with Crippen molar-refractivity contribution in [3.63, 3.8) is 0 Å². The van der Waals surface area contributed by atoms with Crippen molar-refractivity contribution in [2.24, 2.45) is 0 Å². The van der Waals surface area contributed by atoms with Gasteiger partial charge in [0.05, 0.1) is 19.9 Å². The first-order chi connectivity index (χ1) is 11.0. The van der Waals surface area contributed by atoms with E-state index in [0.717, 1.165) is 10.0 Å². The van der Waals surface area contributed by atoms with Crippen molar-refractivity contribution in [3.8, 4) is 5.75 Å². The van der Waals surface area contributed by atoms with Gasteiger partial charge in [-0.3, -0.25) is 4.79 Å². The Morgan fingerprint density at radius 1 is 1.26 bits per heavy atom. The number of amides is 1. The predicted molar refractivity (Wildman–Crippen MR) is 94.0 cm³/mol. The van der Waals surface area contributed by atoms with E-state index in [4.69, 9.17) is 4.74 Å². The zero-order valence-electron chi connectivity index (χ0n) is 12.5. The normalized spacial score (nSPS) is 10.6. The second kappa shape index (κ2) is 7.94. The first kappa shape index (κ1) is 17.2. The lowest BCUT2D eigenvalue weighted by atomic mass is 10.2. The summed E-state index contributed by atoms with van der Waals surface area (Å²) in [6.07, 6.45) is 3.02. The van der Waals surface area contributed by atoms with Crippen LogP contribution in [0.5, 0.6) is 5.75 Å². The van der Waals surface area contributed by atoms with Gasteiger partial charge in [-0.15, -0.1) is 11.3 Å². The van der Waals surface area contributed by atoms with Crippen molar-refractivity contribution in [1.29, 1.82) is 0 Å². The number of ether oxygens (including phenoxy) is 2. The third-order valence-corrected chi connectivity index (χ3v) is 4.29. The van der Waals surface area contributed by atoms with Crippen LogP contribution in [0.4, 0.5) is 5.69 Å². The number of benzene rings is 1. The van der Waals surface area contributed by atoms with Gasteiger partial charge < -0.3 is 14.8 Å². The van der Waals surface area contributed by atoms with Crippen LogP contribution in [0.2, 0.25) is 0 Å². The van der Waals surface area contributed by atoms with E-state index in [1.165, 1.54) is 24.5 Å². The molecule has 0 aliphatic heterocycles. The van der Waals surface area contributed by atoms with E-state index in [1.807, 2.05) is 12.1 Å². The van der Waals surface area contributed by atoms with Crippen molar-refractivity contribution < 1.29 is 19.1 Å². The number of esters is 1. The number of thiophene rings is 1. The molecular formula is C16H14BrNO4S. The number of methoxy groups -OCH3 is 2. The Morgan fingerprint density at radius 3 is 2.74 bits per heavy atom. The molecule has 0 aliphatic rings. The molecule has 2 rings (SSSR count). The summed E-state index contributed by atoms with van der Waals surface area (Å²) in [7, 11) is 2.86. The summed E-state index contributed by atoms with van der Waals surface area (Å²) in [5.74, 6) is -0.174. The van der Waals surface area contributed by atoms with Crippen molar-refractivity contribution in [3.05, 3.63) is 50.6 Å². The average Bonchev–Trinajstić information content (AvgIpc) is 3.00. The number of nitrogens with one attached hydrogen (secondary N) is 1. The fourth-order valence-corrected chi connectivity index (χ4v) is 2.98. The van der Waals surface area contributed by atoms with Crippen molar-refractivity contribution in [2.75, 3.05) is 19.5 Å².